The smallest absolute Gasteiger partial charge is 0.240 e. The van der Waals surface area contributed by atoms with Crippen LogP contribution in [0.5, 0.6) is 0 Å². The number of para-hydroxylation sites is 1. The fraction of sp³-hybridized carbons (Fsp3) is 0.235. The lowest BCUT2D eigenvalue weighted by Crippen LogP contribution is -2.19. The Morgan fingerprint density at radius 3 is 2.59 bits per heavy atom. The first-order chi connectivity index (χ1) is 10.8. The predicted molar refractivity (Wildman–Crippen MR) is 88.8 cm³/mol. The summed E-state index contributed by atoms with van der Waals surface area (Å²) in [5.74, 6) is -0.0803. The van der Waals surface area contributed by atoms with Crippen LogP contribution in [0.4, 0.5) is 5.69 Å². The van der Waals surface area contributed by atoms with Gasteiger partial charge < -0.3 is 5.32 Å². The minimum atomic E-state index is -0.0803. The highest BCUT2D eigenvalue weighted by Crippen LogP contribution is 2.05. The van der Waals surface area contributed by atoms with Crippen molar-refractivity contribution in [2.75, 3.05) is 11.9 Å². The van der Waals surface area contributed by atoms with Gasteiger partial charge in [-0.2, -0.15) is 5.10 Å². The topological polar surface area (TPSA) is 66.4 Å². The molecule has 22 heavy (non-hydrogen) atoms. The maximum atomic E-state index is 11.7. The van der Waals surface area contributed by atoms with Crippen molar-refractivity contribution in [3.8, 4) is 0 Å². The van der Waals surface area contributed by atoms with Crippen LogP contribution in [0, 0.1) is 0 Å². The highest BCUT2D eigenvalue weighted by Gasteiger charge is 2.01. The molecule has 0 unspecified atom stereocenters. The molecule has 0 fully saturated rings. The second kappa shape index (κ2) is 8.56. The fourth-order valence-corrected chi connectivity index (χ4v) is 1.90. The van der Waals surface area contributed by atoms with Crippen molar-refractivity contribution in [3.63, 3.8) is 0 Å². The summed E-state index contributed by atoms with van der Waals surface area (Å²) in [6, 6.07) is 13.6. The minimum absolute atomic E-state index is 0.0803. The summed E-state index contributed by atoms with van der Waals surface area (Å²) in [6.07, 6.45) is 4.59. The van der Waals surface area contributed by atoms with Crippen molar-refractivity contribution < 1.29 is 4.79 Å². The maximum Gasteiger partial charge on any atom is 0.240 e. The Hall–Kier alpha value is -2.69. The van der Waals surface area contributed by atoms with Gasteiger partial charge in [-0.25, -0.2) is 5.43 Å². The Labute approximate surface area is 130 Å². The Kier molecular flexibility index (Phi) is 6.11. The van der Waals surface area contributed by atoms with E-state index in [0.29, 0.717) is 6.42 Å². The summed E-state index contributed by atoms with van der Waals surface area (Å²) in [5, 5.41) is 7.37. The molecule has 0 spiro atoms. The van der Waals surface area contributed by atoms with E-state index < -0.39 is 0 Å². The van der Waals surface area contributed by atoms with E-state index in [4.69, 9.17) is 0 Å². The summed E-state index contributed by atoms with van der Waals surface area (Å²) in [6.45, 7) is 2.61. The zero-order valence-electron chi connectivity index (χ0n) is 12.6. The van der Waals surface area contributed by atoms with Gasteiger partial charge in [-0.05, 0) is 37.6 Å². The average Bonchev–Trinajstić information content (AvgIpc) is 2.58. The van der Waals surface area contributed by atoms with Gasteiger partial charge in [-0.3, -0.25) is 9.78 Å². The SMILES string of the molecule is CC(=NNC(=O)CCCNc1ccccc1)c1ccncc1. The summed E-state index contributed by atoms with van der Waals surface area (Å²) in [4.78, 5) is 15.7. The molecule has 0 saturated carbocycles. The van der Waals surface area contributed by atoms with Crippen molar-refractivity contribution >= 4 is 17.3 Å². The van der Waals surface area contributed by atoms with Gasteiger partial charge in [0.05, 0.1) is 5.71 Å². The lowest BCUT2D eigenvalue weighted by Gasteiger charge is -2.06. The van der Waals surface area contributed by atoms with Crippen molar-refractivity contribution in [1.29, 1.82) is 0 Å². The number of carbonyl (C=O) groups excluding carboxylic acids is 1. The third-order valence-corrected chi connectivity index (χ3v) is 3.13. The number of aromatic nitrogens is 1. The summed E-state index contributed by atoms with van der Waals surface area (Å²) in [7, 11) is 0. The molecule has 0 aliphatic carbocycles. The van der Waals surface area contributed by atoms with Gasteiger partial charge in [-0.15, -0.1) is 0 Å². The standard InChI is InChI=1S/C17H20N4O/c1-14(15-9-12-18-13-10-15)20-21-17(22)8-5-11-19-16-6-3-2-4-7-16/h2-4,6-7,9-10,12-13,19H,5,8,11H2,1H3,(H,21,22). The van der Waals surface area contributed by atoms with Crippen LogP contribution in [0.3, 0.4) is 0 Å². The number of hydrazone groups is 1. The molecule has 1 aromatic heterocycles. The Balaban J connectivity index is 1.68. The van der Waals surface area contributed by atoms with Crippen LogP contribution in [0.15, 0.2) is 60.0 Å². The number of hydrogen-bond donors (Lipinski definition) is 2. The first-order valence-electron chi connectivity index (χ1n) is 7.28. The number of nitrogens with zero attached hydrogens (tertiary/aromatic N) is 2. The van der Waals surface area contributed by atoms with Crippen molar-refractivity contribution in [2.45, 2.75) is 19.8 Å². The molecule has 0 atom stereocenters. The third-order valence-electron chi connectivity index (χ3n) is 3.13. The number of amides is 1. The van der Waals surface area contributed by atoms with Gasteiger partial charge in [0.1, 0.15) is 0 Å². The number of benzene rings is 1. The molecule has 0 aliphatic rings. The number of nitrogens with one attached hydrogen (secondary N) is 2. The van der Waals surface area contributed by atoms with Gasteiger partial charge in [0, 0.05) is 36.6 Å². The highest BCUT2D eigenvalue weighted by atomic mass is 16.2. The first kappa shape index (κ1) is 15.7. The van der Waals surface area contributed by atoms with Gasteiger partial charge in [0.25, 0.3) is 0 Å². The average molecular weight is 296 g/mol. The molecule has 0 saturated heterocycles. The van der Waals surface area contributed by atoms with E-state index in [1.807, 2.05) is 49.4 Å². The van der Waals surface area contributed by atoms with Gasteiger partial charge in [0.2, 0.25) is 5.91 Å². The lowest BCUT2D eigenvalue weighted by molar-refractivity contribution is -0.121. The van der Waals surface area contributed by atoms with E-state index in [1.165, 1.54) is 0 Å². The number of anilines is 1. The zero-order valence-corrected chi connectivity index (χ0v) is 12.6. The van der Waals surface area contributed by atoms with Crippen LogP contribution >= 0.6 is 0 Å². The number of pyridine rings is 1. The molecule has 2 aromatic rings. The number of carbonyl (C=O) groups is 1. The summed E-state index contributed by atoms with van der Waals surface area (Å²) >= 11 is 0. The first-order valence-corrected chi connectivity index (χ1v) is 7.28. The normalized spacial score (nSPS) is 11.0. The van der Waals surface area contributed by atoms with E-state index in [1.54, 1.807) is 12.4 Å². The van der Waals surface area contributed by atoms with E-state index >= 15 is 0 Å². The second-order valence-corrected chi connectivity index (χ2v) is 4.86. The van der Waals surface area contributed by atoms with Gasteiger partial charge in [-0.1, -0.05) is 18.2 Å². The van der Waals surface area contributed by atoms with Gasteiger partial charge >= 0.3 is 0 Å². The van der Waals surface area contributed by atoms with Crippen LogP contribution in [-0.2, 0) is 4.79 Å². The van der Waals surface area contributed by atoms with Gasteiger partial charge in [0.15, 0.2) is 0 Å². The van der Waals surface area contributed by atoms with E-state index in [0.717, 1.165) is 29.9 Å². The highest BCUT2D eigenvalue weighted by molar-refractivity contribution is 5.99. The number of hydrogen-bond acceptors (Lipinski definition) is 4. The largest absolute Gasteiger partial charge is 0.385 e. The molecule has 2 rings (SSSR count). The fourth-order valence-electron chi connectivity index (χ4n) is 1.90. The molecule has 0 bridgehead atoms. The summed E-state index contributed by atoms with van der Waals surface area (Å²) < 4.78 is 0. The van der Waals surface area contributed by atoms with E-state index in [2.05, 4.69) is 20.8 Å². The van der Waals surface area contributed by atoms with Crippen LogP contribution in [-0.4, -0.2) is 23.1 Å². The van der Waals surface area contributed by atoms with E-state index in [9.17, 15) is 4.79 Å². The third kappa shape index (κ3) is 5.36. The molecule has 114 valence electrons. The molecule has 0 radical (unpaired) electrons. The molecule has 5 nitrogen and oxygen atoms in total. The molecule has 0 aliphatic heterocycles. The summed E-state index contributed by atoms with van der Waals surface area (Å²) in [5.41, 5.74) is 5.35. The Bertz CT molecular complexity index is 611. The Morgan fingerprint density at radius 1 is 1.14 bits per heavy atom. The second-order valence-electron chi connectivity index (χ2n) is 4.86. The number of rotatable bonds is 7. The quantitative estimate of drug-likeness (QED) is 0.469. The molecule has 5 heteroatoms. The molecule has 1 amide bonds. The van der Waals surface area contributed by atoms with Crippen LogP contribution in [0.25, 0.3) is 0 Å². The van der Waals surface area contributed by atoms with Crippen LogP contribution in [0.1, 0.15) is 25.3 Å². The van der Waals surface area contributed by atoms with Crippen LogP contribution in [0.2, 0.25) is 0 Å². The molecular formula is C17H20N4O. The predicted octanol–water partition coefficient (Wildman–Crippen LogP) is 2.81. The molecule has 2 N–H and O–H groups in total. The van der Waals surface area contributed by atoms with E-state index in [-0.39, 0.29) is 5.91 Å². The molecular weight excluding hydrogens is 276 g/mol. The Morgan fingerprint density at radius 2 is 1.86 bits per heavy atom. The van der Waals surface area contributed by atoms with Crippen molar-refractivity contribution in [1.82, 2.24) is 10.4 Å². The van der Waals surface area contributed by atoms with Crippen molar-refractivity contribution in [3.05, 3.63) is 60.4 Å². The minimum Gasteiger partial charge on any atom is -0.385 e. The maximum absolute atomic E-state index is 11.7. The van der Waals surface area contributed by atoms with Crippen molar-refractivity contribution in [2.24, 2.45) is 5.10 Å². The monoisotopic (exact) mass is 296 g/mol. The molecule has 1 heterocycles. The molecule has 1 aromatic carbocycles. The lowest BCUT2D eigenvalue weighted by atomic mass is 10.2. The van der Waals surface area contributed by atoms with Crippen LogP contribution < -0.4 is 10.7 Å². The zero-order chi connectivity index (χ0) is 15.6.